The first kappa shape index (κ1) is 17.0. The molecule has 1 aliphatic heterocycles. The van der Waals surface area contributed by atoms with E-state index in [0.29, 0.717) is 23.8 Å². The monoisotopic (exact) mass is 339 g/mol. The number of amides is 2. The molecule has 1 aromatic carbocycles. The maximum Gasteiger partial charge on any atom is 0.230 e. The van der Waals surface area contributed by atoms with E-state index in [1.54, 1.807) is 18.2 Å². The zero-order chi connectivity index (χ0) is 18.0. The van der Waals surface area contributed by atoms with E-state index in [4.69, 9.17) is 4.74 Å². The average molecular weight is 339 g/mol. The van der Waals surface area contributed by atoms with Crippen LogP contribution in [-0.4, -0.2) is 30.5 Å². The van der Waals surface area contributed by atoms with E-state index >= 15 is 0 Å². The number of carbonyl (C=O) groups is 2. The first-order valence-electron chi connectivity index (χ1n) is 8.17. The molecule has 6 heteroatoms. The molecule has 1 atom stereocenters. The van der Waals surface area contributed by atoms with Gasteiger partial charge < -0.3 is 15.0 Å². The van der Waals surface area contributed by atoms with Crippen molar-refractivity contribution >= 4 is 23.3 Å². The van der Waals surface area contributed by atoms with Gasteiger partial charge in [-0.25, -0.2) is 4.98 Å². The number of nitrogens with zero attached hydrogens (tertiary/aromatic N) is 2. The predicted octanol–water partition coefficient (Wildman–Crippen LogP) is 2.70. The van der Waals surface area contributed by atoms with Crippen LogP contribution in [0.2, 0.25) is 0 Å². The zero-order valence-corrected chi connectivity index (χ0v) is 14.6. The molecule has 1 aliphatic rings. The highest BCUT2D eigenvalue weighted by Crippen LogP contribution is 2.34. The van der Waals surface area contributed by atoms with Crippen molar-refractivity contribution in [1.82, 2.24) is 4.98 Å². The Kier molecular flexibility index (Phi) is 4.70. The van der Waals surface area contributed by atoms with Crippen molar-refractivity contribution in [3.8, 4) is 5.75 Å². The Hall–Kier alpha value is -2.89. The molecule has 6 nitrogen and oxygen atoms in total. The smallest absolute Gasteiger partial charge is 0.230 e. The number of rotatable bonds is 4. The van der Waals surface area contributed by atoms with Crippen molar-refractivity contribution in [3.05, 3.63) is 47.7 Å². The van der Waals surface area contributed by atoms with Gasteiger partial charge in [-0.2, -0.15) is 0 Å². The highest BCUT2D eigenvalue weighted by molar-refractivity contribution is 6.04. The van der Waals surface area contributed by atoms with Gasteiger partial charge in [-0.3, -0.25) is 9.59 Å². The highest BCUT2D eigenvalue weighted by atomic mass is 16.5. The molecule has 3 rings (SSSR count). The third-order valence-corrected chi connectivity index (χ3v) is 4.37. The third kappa shape index (κ3) is 3.47. The van der Waals surface area contributed by atoms with Gasteiger partial charge in [0.05, 0.1) is 18.7 Å². The number of ether oxygens (including phenoxy) is 1. The first-order chi connectivity index (χ1) is 12.0. The Morgan fingerprint density at radius 1 is 1.32 bits per heavy atom. The molecule has 2 amide bonds. The maximum atomic E-state index is 12.5. The lowest BCUT2D eigenvalue weighted by Gasteiger charge is -2.20. The van der Waals surface area contributed by atoms with Crippen LogP contribution < -0.4 is 15.0 Å². The SMILES string of the molecule is COc1ccc(C)cc1N1CC(C(=O)Nc2ncccc2C)CC1=O. The van der Waals surface area contributed by atoms with Crippen LogP contribution in [0.1, 0.15) is 17.5 Å². The fourth-order valence-electron chi connectivity index (χ4n) is 2.96. The van der Waals surface area contributed by atoms with Crippen molar-refractivity contribution in [3.63, 3.8) is 0 Å². The Bertz CT molecular complexity index is 819. The lowest BCUT2D eigenvalue weighted by atomic mass is 10.1. The maximum absolute atomic E-state index is 12.5. The molecule has 0 spiro atoms. The molecule has 130 valence electrons. The molecule has 2 heterocycles. The summed E-state index contributed by atoms with van der Waals surface area (Å²) in [5, 5.41) is 2.82. The van der Waals surface area contributed by atoms with Crippen LogP contribution in [-0.2, 0) is 9.59 Å². The van der Waals surface area contributed by atoms with Gasteiger partial charge in [-0.15, -0.1) is 0 Å². The summed E-state index contributed by atoms with van der Waals surface area (Å²) in [6.45, 7) is 4.17. The number of hydrogen-bond donors (Lipinski definition) is 1. The van der Waals surface area contributed by atoms with Crippen LogP contribution in [0.5, 0.6) is 5.75 Å². The summed E-state index contributed by atoms with van der Waals surface area (Å²) < 4.78 is 5.36. The van der Waals surface area contributed by atoms with Crippen molar-refractivity contribution in [1.29, 1.82) is 0 Å². The number of nitrogens with one attached hydrogen (secondary N) is 1. The second-order valence-electron chi connectivity index (χ2n) is 6.24. The molecule has 25 heavy (non-hydrogen) atoms. The summed E-state index contributed by atoms with van der Waals surface area (Å²) in [6.07, 6.45) is 1.81. The molecule has 1 fully saturated rings. The van der Waals surface area contributed by atoms with Crippen LogP contribution >= 0.6 is 0 Å². The summed E-state index contributed by atoms with van der Waals surface area (Å²) in [7, 11) is 1.57. The standard InChI is InChI=1S/C19H21N3O3/c1-12-6-7-16(25-3)15(9-12)22-11-14(10-17(22)23)19(24)21-18-13(2)5-4-8-20-18/h4-9,14H,10-11H2,1-3H3,(H,20,21,24). The van der Waals surface area contributed by atoms with E-state index in [1.807, 2.05) is 44.2 Å². The van der Waals surface area contributed by atoms with Gasteiger partial charge in [0.25, 0.3) is 0 Å². The van der Waals surface area contributed by atoms with Crippen molar-refractivity contribution < 1.29 is 14.3 Å². The summed E-state index contributed by atoms with van der Waals surface area (Å²) in [5.74, 6) is 0.470. The molecule has 0 saturated carbocycles. The van der Waals surface area contributed by atoms with Crippen molar-refractivity contribution in [2.45, 2.75) is 20.3 Å². The number of carbonyl (C=O) groups excluding carboxylic acids is 2. The second-order valence-corrected chi connectivity index (χ2v) is 6.24. The Labute approximate surface area is 146 Å². The summed E-state index contributed by atoms with van der Waals surface area (Å²) in [4.78, 5) is 30.8. The Morgan fingerprint density at radius 3 is 2.84 bits per heavy atom. The van der Waals surface area contributed by atoms with Crippen LogP contribution in [0.15, 0.2) is 36.5 Å². The molecule has 1 unspecified atom stereocenters. The number of benzene rings is 1. The molecule has 0 aliphatic carbocycles. The van der Waals surface area contributed by atoms with Crippen molar-refractivity contribution in [2.75, 3.05) is 23.9 Å². The summed E-state index contributed by atoms with van der Waals surface area (Å²) in [6, 6.07) is 9.36. The van der Waals surface area contributed by atoms with Crippen LogP contribution in [0.25, 0.3) is 0 Å². The molecule has 0 bridgehead atoms. The topological polar surface area (TPSA) is 71.5 Å². The number of aryl methyl sites for hydroxylation is 2. The Balaban J connectivity index is 1.78. The lowest BCUT2D eigenvalue weighted by Crippen LogP contribution is -2.28. The van der Waals surface area contributed by atoms with E-state index in [1.165, 1.54) is 0 Å². The minimum atomic E-state index is -0.417. The molecule has 1 N–H and O–H groups in total. The van der Waals surface area contributed by atoms with Crippen LogP contribution in [0.3, 0.4) is 0 Å². The van der Waals surface area contributed by atoms with Crippen LogP contribution in [0, 0.1) is 19.8 Å². The normalized spacial score (nSPS) is 16.8. The van der Waals surface area contributed by atoms with Gasteiger partial charge in [0, 0.05) is 19.2 Å². The third-order valence-electron chi connectivity index (χ3n) is 4.37. The van der Waals surface area contributed by atoms with Gasteiger partial charge in [-0.05, 0) is 43.2 Å². The summed E-state index contributed by atoms with van der Waals surface area (Å²) >= 11 is 0. The van der Waals surface area contributed by atoms with Crippen LogP contribution in [0.4, 0.5) is 11.5 Å². The van der Waals surface area contributed by atoms with Gasteiger partial charge in [0.1, 0.15) is 11.6 Å². The fourth-order valence-corrected chi connectivity index (χ4v) is 2.96. The number of aromatic nitrogens is 1. The molecule has 1 aromatic heterocycles. The van der Waals surface area contributed by atoms with Gasteiger partial charge in [0.15, 0.2) is 0 Å². The van der Waals surface area contributed by atoms with Gasteiger partial charge >= 0.3 is 0 Å². The van der Waals surface area contributed by atoms with E-state index < -0.39 is 5.92 Å². The second kappa shape index (κ2) is 6.93. The summed E-state index contributed by atoms with van der Waals surface area (Å²) in [5.41, 5.74) is 2.62. The molecular weight excluding hydrogens is 318 g/mol. The van der Waals surface area contributed by atoms with E-state index in [0.717, 1.165) is 11.1 Å². The minimum absolute atomic E-state index is 0.0817. The number of methoxy groups -OCH3 is 1. The molecular formula is C19H21N3O3. The molecule has 2 aromatic rings. The van der Waals surface area contributed by atoms with E-state index in [2.05, 4.69) is 10.3 Å². The largest absolute Gasteiger partial charge is 0.495 e. The lowest BCUT2D eigenvalue weighted by molar-refractivity contribution is -0.122. The Morgan fingerprint density at radius 2 is 2.12 bits per heavy atom. The first-order valence-corrected chi connectivity index (χ1v) is 8.17. The average Bonchev–Trinajstić information content (AvgIpc) is 2.98. The number of hydrogen-bond acceptors (Lipinski definition) is 4. The quantitative estimate of drug-likeness (QED) is 0.930. The highest BCUT2D eigenvalue weighted by Gasteiger charge is 2.36. The van der Waals surface area contributed by atoms with E-state index in [9.17, 15) is 9.59 Å². The van der Waals surface area contributed by atoms with Gasteiger partial charge in [-0.1, -0.05) is 12.1 Å². The molecule has 0 radical (unpaired) electrons. The zero-order valence-electron chi connectivity index (χ0n) is 14.6. The minimum Gasteiger partial charge on any atom is -0.495 e. The fraction of sp³-hybridized carbons (Fsp3) is 0.316. The predicted molar refractivity (Wildman–Crippen MR) is 95.8 cm³/mol. The number of anilines is 2. The number of pyridine rings is 1. The van der Waals surface area contributed by atoms with Crippen molar-refractivity contribution in [2.24, 2.45) is 5.92 Å². The van der Waals surface area contributed by atoms with Gasteiger partial charge in [0.2, 0.25) is 11.8 Å². The van der Waals surface area contributed by atoms with E-state index in [-0.39, 0.29) is 18.2 Å². The molecule has 1 saturated heterocycles.